The molecule has 0 fully saturated rings. The maximum absolute atomic E-state index is 12.6. The predicted octanol–water partition coefficient (Wildman–Crippen LogP) is 3.83. The Balaban J connectivity index is 1.60. The Kier molecular flexibility index (Phi) is 5.04. The molecule has 0 saturated carbocycles. The summed E-state index contributed by atoms with van der Waals surface area (Å²) in [4.78, 5) is 14.4. The number of rotatable bonds is 6. The molecule has 0 spiro atoms. The smallest absolute Gasteiger partial charge is 0.265 e. The van der Waals surface area contributed by atoms with Crippen molar-refractivity contribution >= 4 is 11.6 Å². The lowest BCUT2D eigenvalue weighted by Crippen LogP contribution is -2.39. The van der Waals surface area contributed by atoms with Crippen LogP contribution >= 0.6 is 0 Å². The maximum Gasteiger partial charge on any atom is 0.265 e. The van der Waals surface area contributed by atoms with Crippen LogP contribution in [0.2, 0.25) is 0 Å². The van der Waals surface area contributed by atoms with E-state index in [9.17, 15) is 4.79 Å². The number of fused-ring (bicyclic) bond motifs is 1. The number of hydrogen-bond acceptors (Lipinski definition) is 3. The average molecular weight is 325 g/mol. The van der Waals surface area contributed by atoms with Crippen LogP contribution in [0.25, 0.3) is 0 Å². The largest absolute Gasteiger partial charge is 0.494 e. The predicted molar refractivity (Wildman–Crippen MR) is 94.8 cm³/mol. The van der Waals surface area contributed by atoms with Crippen molar-refractivity contribution in [1.82, 2.24) is 0 Å². The molecule has 0 aliphatic carbocycles. The van der Waals surface area contributed by atoms with Gasteiger partial charge in [-0.3, -0.25) is 4.79 Å². The summed E-state index contributed by atoms with van der Waals surface area (Å²) in [6, 6.07) is 15.6. The molecular weight excluding hydrogens is 302 g/mol. The molecule has 4 nitrogen and oxygen atoms in total. The van der Waals surface area contributed by atoms with Gasteiger partial charge in [0.15, 0.2) is 6.61 Å². The van der Waals surface area contributed by atoms with E-state index in [4.69, 9.17) is 9.47 Å². The molecule has 4 heteroatoms. The highest BCUT2D eigenvalue weighted by Gasteiger charge is 2.30. The van der Waals surface area contributed by atoms with Crippen molar-refractivity contribution in [3.05, 3.63) is 54.1 Å². The second-order valence-corrected chi connectivity index (χ2v) is 6.05. The number of para-hydroxylation sites is 1. The Hall–Kier alpha value is -2.49. The van der Waals surface area contributed by atoms with Crippen molar-refractivity contribution < 1.29 is 14.3 Å². The molecule has 0 aromatic heterocycles. The van der Waals surface area contributed by atoms with E-state index < -0.39 is 0 Å². The molecule has 24 heavy (non-hydrogen) atoms. The monoisotopic (exact) mass is 325 g/mol. The van der Waals surface area contributed by atoms with Gasteiger partial charge in [-0.05, 0) is 55.7 Å². The number of carbonyl (C=O) groups excluding carboxylic acids is 1. The Labute approximate surface area is 143 Å². The van der Waals surface area contributed by atoms with Crippen LogP contribution in [0, 0.1) is 0 Å². The lowest BCUT2D eigenvalue weighted by atomic mass is 10.1. The number of benzene rings is 2. The molecule has 1 aliphatic heterocycles. The van der Waals surface area contributed by atoms with E-state index >= 15 is 0 Å². The van der Waals surface area contributed by atoms with E-state index in [0.29, 0.717) is 12.4 Å². The maximum atomic E-state index is 12.6. The van der Waals surface area contributed by atoms with Crippen molar-refractivity contribution in [2.45, 2.75) is 32.7 Å². The van der Waals surface area contributed by atoms with Gasteiger partial charge in [0.1, 0.15) is 11.5 Å². The number of hydrogen-bond donors (Lipinski definition) is 0. The van der Waals surface area contributed by atoms with Crippen LogP contribution in [0.5, 0.6) is 11.5 Å². The standard InChI is InChI=1S/C20H23NO3/c1-3-12-23-17-8-10-18(11-9-17)24-14-20(22)21-15(2)13-16-6-4-5-7-19(16)21/h4-11,15H,3,12-14H2,1-2H3. The third-order valence-electron chi connectivity index (χ3n) is 4.13. The lowest BCUT2D eigenvalue weighted by Gasteiger charge is -2.22. The van der Waals surface area contributed by atoms with E-state index in [1.807, 2.05) is 47.4 Å². The number of anilines is 1. The first-order valence-electron chi connectivity index (χ1n) is 8.44. The fourth-order valence-electron chi connectivity index (χ4n) is 3.01. The molecule has 1 amide bonds. The van der Waals surface area contributed by atoms with Gasteiger partial charge >= 0.3 is 0 Å². The molecule has 2 aromatic rings. The van der Waals surface area contributed by atoms with E-state index in [1.165, 1.54) is 5.56 Å². The topological polar surface area (TPSA) is 38.8 Å². The van der Waals surface area contributed by atoms with Gasteiger partial charge in [0.25, 0.3) is 5.91 Å². The van der Waals surface area contributed by atoms with Crippen LogP contribution in [0.4, 0.5) is 5.69 Å². The van der Waals surface area contributed by atoms with Crippen molar-refractivity contribution in [3.63, 3.8) is 0 Å². The van der Waals surface area contributed by atoms with Gasteiger partial charge in [0, 0.05) is 11.7 Å². The highest BCUT2D eigenvalue weighted by atomic mass is 16.5. The highest BCUT2D eigenvalue weighted by molar-refractivity contribution is 5.97. The summed E-state index contributed by atoms with van der Waals surface area (Å²) in [5.41, 5.74) is 2.22. The molecule has 1 atom stereocenters. The SMILES string of the molecule is CCCOc1ccc(OCC(=O)N2c3ccccc3CC2C)cc1. The Morgan fingerprint density at radius 3 is 2.46 bits per heavy atom. The zero-order valence-corrected chi connectivity index (χ0v) is 14.2. The van der Waals surface area contributed by atoms with Gasteiger partial charge in [-0.15, -0.1) is 0 Å². The summed E-state index contributed by atoms with van der Waals surface area (Å²) >= 11 is 0. The van der Waals surface area contributed by atoms with Crippen molar-refractivity contribution in [1.29, 1.82) is 0 Å². The zero-order valence-electron chi connectivity index (χ0n) is 14.2. The van der Waals surface area contributed by atoms with Crippen LogP contribution in [-0.2, 0) is 11.2 Å². The Morgan fingerprint density at radius 2 is 1.75 bits per heavy atom. The fraction of sp³-hybridized carbons (Fsp3) is 0.350. The molecule has 0 N–H and O–H groups in total. The first-order valence-corrected chi connectivity index (χ1v) is 8.44. The molecule has 1 aliphatic rings. The van der Waals surface area contributed by atoms with Gasteiger partial charge in [-0.1, -0.05) is 25.1 Å². The van der Waals surface area contributed by atoms with Crippen LogP contribution in [0.1, 0.15) is 25.8 Å². The van der Waals surface area contributed by atoms with Gasteiger partial charge in [-0.2, -0.15) is 0 Å². The highest BCUT2D eigenvalue weighted by Crippen LogP contribution is 2.31. The quantitative estimate of drug-likeness (QED) is 0.810. The van der Waals surface area contributed by atoms with E-state index in [2.05, 4.69) is 19.9 Å². The summed E-state index contributed by atoms with van der Waals surface area (Å²) in [6.07, 6.45) is 1.87. The van der Waals surface area contributed by atoms with Gasteiger partial charge in [-0.25, -0.2) is 0 Å². The third kappa shape index (κ3) is 3.53. The van der Waals surface area contributed by atoms with E-state index in [-0.39, 0.29) is 18.6 Å². The lowest BCUT2D eigenvalue weighted by molar-refractivity contribution is -0.120. The van der Waals surface area contributed by atoms with Crippen LogP contribution < -0.4 is 14.4 Å². The molecule has 1 unspecified atom stereocenters. The summed E-state index contributed by atoms with van der Waals surface area (Å²) in [5.74, 6) is 1.48. The summed E-state index contributed by atoms with van der Waals surface area (Å²) in [5, 5.41) is 0. The molecule has 2 aromatic carbocycles. The van der Waals surface area contributed by atoms with Gasteiger partial charge in [0.2, 0.25) is 0 Å². The minimum absolute atomic E-state index is 0.0150. The third-order valence-corrected chi connectivity index (χ3v) is 4.13. The molecular formula is C20H23NO3. The molecule has 3 rings (SSSR count). The van der Waals surface area contributed by atoms with Crippen molar-refractivity contribution in [3.8, 4) is 11.5 Å². The first-order chi connectivity index (χ1) is 11.7. The second-order valence-electron chi connectivity index (χ2n) is 6.05. The van der Waals surface area contributed by atoms with Gasteiger partial charge < -0.3 is 14.4 Å². The fourth-order valence-corrected chi connectivity index (χ4v) is 3.01. The molecule has 0 saturated heterocycles. The molecule has 0 radical (unpaired) electrons. The number of amides is 1. The number of nitrogens with zero attached hydrogens (tertiary/aromatic N) is 1. The van der Waals surface area contributed by atoms with E-state index in [1.54, 1.807) is 0 Å². The summed E-state index contributed by atoms with van der Waals surface area (Å²) in [6.45, 7) is 4.87. The minimum Gasteiger partial charge on any atom is -0.494 e. The van der Waals surface area contributed by atoms with Crippen LogP contribution in [0.3, 0.4) is 0 Å². The van der Waals surface area contributed by atoms with Crippen molar-refractivity contribution in [2.24, 2.45) is 0 Å². The Morgan fingerprint density at radius 1 is 1.08 bits per heavy atom. The number of carbonyl (C=O) groups is 1. The first kappa shape index (κ1) is 16.4. The van der Waals surface area contributed by atoms with Gasteiger partial charge in [0.05, 0.1) is 6.61 Å². The molecule has 0 bridgehead atoms. The summed E-state index contributed by atoms with van der Waals surface area (Å²) < 4.78 is 11.2. The molecule has 126 valence electrons. The van der Waals surface area contributed by atoms with Crippen LogP contribution in [0.15, 0.2) is 48.5 Å². The zero-order chi connectivity index (χ0) is 16.9. The van der Waals surface area contributed by atoms with Crippen LogP contribution in [-0.4, -0.2) is 25.2 Å². The summed E-state index contributed by atoms with van der Waals surface area (Å²) in [7, 11) is 0. The normalized spacial score (nSPS) is 15.9. The molecule has 1 heterocycles. The van der Waals surface area contributed by atoms with Crippen molar-refractivity contribution in [2.75, 3.05) is 18.1 Å². The Bertz CT molecular complexity index is 696. The number of ether oxygens (including phenoxy) is 2. The average Bonchev–Trinajstić information content (AvgIpc) is 2.94. The second kappa shape index (κ2) is 7.39. The van der Waals surface area contributed by atoms with E-state index in [0.717, 1.165) is 24.3 Å². The minimum atomic E-state index is -0.0150.